The number of hydrogen-bond acceptors (Lipinski definition) is 7. The van der Waals surface area contributed by atoms with Gasteiger partial charge in [-0.25, -0.2) is 4.98 Å². The Hall–Kier alpha value is -5.32. The topological polar surface area (TPSA) is 147 Å². The number of nitrogens with one attached hydrogen (secondary N) is 3. The maximum atomic E-state index is 14.0. The highest BCUT2D eigenvalue weighted by Crippen LogP contribution is 2.22. The molecule has 48 heavy (non-hydrogen) atoms. The van der Waals surface area contributed by atoms with Crippen molar-refractivity contribution in [2.24, 2.45) is 5.92 Å². The third-order valence-electron chi connectivity index (χ3n) is 8.29. The number of carbonyl (C=O) groups excluding carboxylic acids is 4. The van der Waals surface area contributed by atoms with Gasteiger partial charge in [0.15, 0.2) is 0 Å². The molecule has 2 aromatic heterocycles. The van der Waals surface area contributed by atoms with Crippen LogP contribution in [0.4, 0.5) is 0 Å². The summed E-state index contributed by atoms with van der Waals surface area (Å²) >= 11 is 0. The predicted molar refractivity (Wildman–Crippen MR) is 181 cm³/mol. The molecular weight excluding hydrogens is 608 g/mol. The Bertz CT molecular complexity index is 1720. The van der Waals surface area contributed by atoms with Gasteiger partial charge in [-0.1, -0.05) is 62.4 Å². The molecule has 0 spiro atoms. The average molecular weight is 651 g/mol. The number of nitrogens with zero attached hydrogens (tertiary/aromatic N) is 3. The van der Waals surface area contributed by atoms with Crippen LogP contribution >= 0.6 is 0 Å². The fraction of sp³-hybridized carbons (Fsp3) is 0.351. The first kappa shape index (κ1) is 34.0. The minimum absolute atomic E-state index is 0.0544. The minimum Gasteiger partial charge on any atom is -0.441 e. The van der Waals surface area contributed by atoms with Crippen LogP contribution < -0.4 is 16.0 Å². The Morgan fingerprint density at radius 2 is 1.71 bits per heavy atom. The van der Waals surface area contributed by atoms with Crippen molar-refractivity contribution in [2.45, 2.75) is 58.5 Å². The normalized spacial score (nSPS) is 18.1. The summed E-state index contributed by atoms with van der Waals surface area (Å²) in [5.74, 6) is -0.740. The van der Waals surface area contributed by atoms with E-state index >= 15 is 0 Å². The van der Waals surface area contributed by atoms with Crippen molar-refractivity contribution >= 4 is 23.6 Å². The van der Waals surface area contributed by atoms with Crippen molar-refractivity contribution in [1.82, 2.24) is 30.8 Å². The molecule has 0 saturated heterocycles. The summed E-state index contributed by atoms with van der Waals surface area (Å²) in [5.41, 5.74) is 3.40. The van der Waals surface area contributed by atoms with Crippen molar-refractivity contribution in [3.63, 3.8) is 0 Å². The zero-order valence-corrected chi connectivity index (χ0v) is 27.6. The predicted octanol–water partition coefficient (Wildman–Crippen LogP) is 3.66. The van der Waals surface area contributed by atoms with E-state index in [2.05, 4.69) is 25.9 Å². The lowest BCUT2D eigenvalue weighted by atomic mass is 10.0. The summed E-state index contributed by atoms with van der Waals surface area (Å²) in [5, 5.41) is 8.90. The zero-order valence-electron chi connectivity index (χ0n) is 27.6. The van der Waals surface area contributed by atoms with E-state index in [1.165, 1.54) is 11.1 Å². The van der Waals surface area contributed by atoms with Gasteiger partial charge in [-0.15, -0.1) is 0 Å². The number of pyridine rings is 1. The van der Waals surface area contributed by atoms with Crippen LogP contribution in [-0.4, -0.2) is 70.2 Å². The van der Waals surface area contributed by atoms with E-state index < -0.39 is 18.0 Å². The molecule has 0 saturated carbocycles. The Kier molecular flexibility index (Phi) is 11.3. The number of benzene rings is 2. The third-order valence-corrected chi connectivity index (χ3v) is 8.29. The monoisotopic (exact) mass is 650 g/mol. The summed E-state index contributed by atoms with van der Waals surface area (Å²) in [7, 11) is 0. The Morgan fingerprint density at radius 1 is 0.979 bits per heavy atom. The lowest BCUT2D eigenvalue weighted by Gasteiger charge is -2.30. The van der Waals surface area contributed by atoms with Crippen molar-refractivity contribution in [3.05, 3.63) is 107 Å². The van der Waals surface area contributed by atoms with E-state index in [0.29, 0.717) is 48.7 Å². The molecule has 1 aliphatic heterocycles. The summed E-state index contributed by atoms with van der Waals surface area (Å²) in [6.07, 6.45) is 4.66. The maximum Gasteiger partial charge on any atom is 0.253 e. The van der Waals surface area contributed by atoms with Gasteiger partial charge in [0, 0.05) is 31.0 Å². The molecule has 11 heteroatoms. The largest absolute Gasteiger partial charge is 0.441 e. The van der Waals surface area contributed by atoms with Crippen LogP contribution in [0.1, 0.15) is 53.2 Å². The number of carbonyl (C=O) groups is 4. The van der Waals surface area contributed by atoms with Crippen LogP contribution in [0.2, 0.25) is 0 Å². The molecular formula is C37H42N6O5. The molecule has 0 radical (unpaired) electrons. The molecule has 4 amide bonds. The SMILES string of the molecule is Cc1oc(-c2ccccc2)nc1CC(=O)N1CC(=O)NCCCc2cncc(c2)C(=O)N[C@H](C(C)C)C(=O)N[C@H](Cc2ccccc2)C1. The molecule has 250 valence electrons. The Balaban J connectivity index is 1.44. The fourth-order valence-corrected chi connectivity index (χ4v) is 5.68. The lowest BCUT2D eigenvalue weighted by Crippen LogP contribution is -2.56. The molecule has 2 aromatic carbocycles. The van der Waals surface area contributed by atoms with Gasteiger partial charge in [0.1, 0.15) is 11.8 Å². The molecule has 2 atom stereocenters. The van der Waals surface area contributed by atoms with Crippen LogP contribution in [-0.2, 0) is 33.6 Å². The van der Waals surface area contributed by atoms with Crippen LogP contribution in [0.3, 0.4) is 0 Å². The first-order valence-corrected chi connectivity index (χ1v) is 16.3. The van der Waals surface area contributed by atoms with Crippen molar-refractivity contribution in [2.75, 3.05) is 19.6 Å². The second kappa shape index (κ2) is 16.0. The molecule has 5 rings (SSSR count). The summed E-state index contributed by atoms with van der Waals surface area (Å²) in [6.45, 7) is 5.70. The van der Waals surface area contributed by atoms with Gasteiger partial charge in [-0.2, -0.15) is 0 Å². The number of hydrogen-bond donors (Lipinski definition) is 3. The second-order valence-corrected chi connectivity index (χ2v) is 12.5. The second-order valence-electron chi connectivity index (χ2n) is 12.5. The number of aryl methyl sites for hydroxylation is 2. The van der Waals surface area contributed by atoms with Crippen molar-refractivity contribution in [1.29, 1.82) is 0 Å². The van der Waals surface area contributed by atoms with E-state index in [4.69, 9.17) is 4.42 Å². The quantitative estimate of drug-likeness (QED) is 0.289. The van der Waals surface area contributed by atoms with Crippen LogP contribution in [0.15, 0.2) is 83.5 Å². The van der Waals surface area contributed by atoms with Crippen LogP contribution in [0.25, 0.3) is 11.5 Å². The lowest BCUT2D eigenvalue weighted by molar-refractivity contribution is -0.136. The van der Waals surface area contributed by atoms with Crippen LogP contribution in [0.5, 0.6) is 0 Å². The first-order chi connectivity index (χ1) is 23.2. The summed E-state index contributed by atoms with van der Waals surface area (Å²) < 4.78 is 5.90. The number of rotatable bonds is 6. The van der Waals surface area contributed by atoms with Gasteiger partial charge in [-0.05, 0) is 61.4 Å². The molecule has 3 N–H and O–H groups in total. The van der Waals surface area contributed by atoms with Crippen LogP contribution in [0, 0.1) is 12.8 Å². The molecule has 2 bridgehead atoms. The maximum absolute atomic E-state index is 14.0. The van der Waals surface area contributed by atoms with Gasteiger partial charge >= 0.3 is 0 Å². The van der Waals surface area contributed by atoms with Gasteiger partial charge in [0.25, 0.3) is 5.91 Å². The molecule has 1 aliphatic rings. The number of fused-ring (bicyclic) bond motifs is 2. The van der Waals surface area contributed by atoms with Gasteiger partial charge in [-0.3, -0.25) is 24.2 Å². The van der Waals surface area contributed by atoms with Gasteiger partial charge in [0.2, 0.25) is 23.6 Å². The fourth-order valence-electron chi connectivity index (χ4n) is 5.68. The molecule has 3 heterocycles. The third kappa shape index (κ3) is 9.15. The molecule has 11 nitrogen and oxygen atoms in total. The standard InChI is InChI=1S/C37H42N6O5/c1-24(2)34-36(47)40-30(18-26-11-6-4-7-12-26)22-43(33(45)19-31-25(3)48-37(41-31)28-14-8-5-9-15-28)23-32(44)39-16-10-13-27-17-29(21-38-20-27)35(46)42-34/h4-9,11-12,14-15,17,20-21,24,30,34H,10,13,16,18-19,22-23H2,1-3H3,(H,39,44)(H,40,47)(H,42,46)/t30-,34-/m1/s1. The summed E-state index contributed by atoms with van der Waals surface area (Å²) in [6, 6.07) is 19.4. The van der Waals surface area contributed by atoms with E-state index in [1.807, 2.05) is 74.5 Å². The van der Waals surface area contributed by atoms with E-state index in [0.717, 1.165) is 16.7 Å². The Labute approximate surface area is 280 Å². The smallest absolute Gasteiger partial charge is 0.253 e. The average Bonchev–Trinajstić information content (AvgIpc) is 3.45. The molecule has 0 aliphatic carbocycles. The van der Waals surface area contributed by atoms with E-state index in [9.17, 15) is 19.2 Å². The number of oxazole rings is 1. The van der Waals surface area contributed by atoms with E-state index in [1.54, 1.807) is 19.2 Å². The highest BCUT2D eigenvalue weighted by Gasteiger charge is 2.30. The molecule has 0 unspecified atom stereocenters. The van der Waals surface area contributed by atoms with E-state index in [-0.39, 0.29) is 43.1 Å². The number of amides is 4. The number of aromatic nitrogens is 2. The minimum atomic E-state index is -0.850. The Morgan fingerprint density at radius 3 is 2.44 bits per heavy atom. The highest BCUT2D eigenvalue weighted by atomic mass is 16.4. The first-order valence-electron chi connectivity index (χ1n) is 16.3. The molecule has 0 fully saturated rings. The zero-order chi connectivity index (χ0) is 34.0. The van der Waals surface area contributed by atoms with Crippen molar-refractivity contribution < 1.29 is 23.6 Å². The summed E-state index contributed by atoms with van der Waals surface area (Å²) in [4.78, 5) is 64.6. The molecule has 4 aromatic rings. The van der Waals surface area contributed by atoms with Gasteiger partial charge in [0.05, 0.1) is 30.3 Å². The van der Waals surface area contributed by atoms with Crippen molar-refractivity contribution in [3.8, 4) is 11.5 Å². The van der Waals surface area contributed by atoms with Gasteiger partial charge < -0.3 is 25.3 Å². The highest BCUT2D eigenvalue weighted by molar-refractivity contribution is 5.97.